The van der Waals surface area contributed by atoms with Crippen molar-refractivity contribution in [3.05, 3.63) is 93.5 Å². The standard InChI is InChI=1S/C24H15F5O4/c1-11-6-14(32-10-15-19(25)21(27)23(29)22(28)20(15)26)9-16-18(11)24(30)17(33-16)8-12-4-3-5-13(7-12)31-2/h3-9H,10H2,1-2H3/b17-8-. The van der Waals surface area contributed by atoms with E-state index in [9.17, 15) is 26.7 Å². The predicted octanol–water partition coefficient (Wildman–Crippen LogP) is 5.89. The maximum absolute atomic E-state index is 13.9. The summed E-state index contributed by atoms with van der Waals surface area (Å²) in [6, 6.07) is 9.65. The first kappa shape index (κ1) is 22.3. The molecule has 0 aromatic heterocycles. The van der Waals surface area contributed by atoms with Crippen LogP contribution < -0.4 is 14.2 Å². The van der Waals surface area contributed by atoms with Gasteiger partial charge in [-0.2, -0.15) is 0 Å². The van der Waals surface area contributed by atoms with Crippen LogP contribution in [-0.4, -0.2) is 12.9 Å². The summed E-state index contributed by atoms with van der Waals surface area (Å²) >= 11 is 0. The van der Waals surface area contributed by atoms with Gasteiger partial charge in [0.1, 0.15) is 23.9 Å². The quantitative estimate of drug-likeness (QED) is 0.205. The van der Waals surface area contributed by atoms with Crippen LogP contribution in [0.3, 0.4) is 0 Å². The van der Waals surface area contributed by atoms with E-state index in [1.54, 1.807) is 31.2 Å². The molecule has 1 heterocycles. The zero-order valence-corrected chi connectivity index (χ0v) is 17.3. The van der Waals surface area contributed by atoms with Crippen molar-refractivity contribution in [1.29, 1.82) is 0 Å². The Labute approximate surface area is 184 Å². The molecule has 0 amide bonds. The molecule has 0 saturated heterocycles. The second-order valence-electron chi connectivity index (χ2n) is 7.17. The van der Waals surface area contributed by atoms with E-state index in [2.05, 4.69) is 0 Å². The monoisotopic (exact) mass is 462 g/mol. The molecule has 4 rings (SSSR count). The minimum Gasteiger partial charge on any atom is -0.497 e. The molecular formula is C24H15F5O4. The third-order valence-electron chi connectivity index (χ3n) is 5.02. The summed E-state index contributed by atoms with van der Waals surface area (Å²) in [4.78, 5) is 12.8. The highest BCUT2D eigenvalue weighted by Crippen LogP contribution is 2.38. The summed E-state index contributed by atoms with van der Waals surface area (Å²) < 4.78 is 83.8. The van der Waals surface area contributed by atoms with Gasteiger partial charge < -0.3 is 14.2 Å². The summed E-state index contributed by atoms with van der Waals surface area (Å²) in [5.74, 6) is -9.89. The molecule has 0 atom stereocenters. The van der Waals surface area contributed by atoms with Crippen LogP contribution in [0.2, 0.25) is 0 Å². The lowest BCUT2D eigenvalue weighted by atomic mass is 10.0. The Bertz CT molecular complexity index is 1290. The maximum atomic E-state index is 13.9. The number of carbonyl (C=O) groups excluding carboxylic acids is 1. The van der Waals surface area contributed by atoms with Gasteiger partial charge in [0.25, 0.3) is 0 Å². The fraction of sp³-hybridized carbons (Fsp3) is 0.125. The van der Waals surface area contributed by atoms with Gasteiger partial charge >= 0.3 is 0 Å². The lowest BCUT2D eigenvalue weighted by Crippen LogP contribution is -2.10. The Morgan fingerprint density at radius 2 is 1.58 bits per heavy atom. The SMILES string of the molecule is COc1cccc(/C=C2\Oc3cc(OCc4c(F)c(F)c(F)c(F)c4F)cc(C)c3C2=O)c1. The summed E-state index contributed by atoms with van der Waals surface area (Å²) in [6.45, 7) is 0.671. The van der Waals surface area contributed by atoms with Crippen molar-refractivity contribution in [2.24, 2.45) is 0 Å². The average Bonchev–Trinajstić information content (AvgIpc) is 3.11. The Balaban J connectivity index is 1.60. The number of hydrogen-bond acceptors (Lipinski definition) is 4. The van der Waals surface area contributed by atoms with Crippen LogP contribution in [0.4, 0.5) is 22.0 Å². The van der Waals surface area contributed by atoms with Gasteiger partial charge in [-0.3, -0.25) is 4.79 Å². The number of carbonyl (C=O) groups is 1. The van der Waals surface area contributed by atoms with Crippen LogP contribution in [0.25, 0.3) is 6.08 Å². The molecule has 1 aliphatic rings. The van der Waals surface area contributed by atoms with Crippen LogP contribution >= 0.6 is 0 Å². The van der Waals surface area contributed by atoms with Crippen LogP contribution in [0, 0.1) is 36.0 Å². The number of allylic oxidation sites excluding steroid dienone is 1. The first-order chi connectivity index (χ1) is 15.7. The number of fused-ring (bicyclic) bond motifs is 1. The van der Waals surface area contributed by atoms with Crippen LogP contribution in [0.15, 0.2) is 42.2 Å². The van der Waals surface area contributed by atoms with Crippen LogP contribution in [0.5, 0.6) is 17.2 Å². The molecule has 33 heavy (non-hydrogen) atoms. The number of methoxy groups -OCH3 is 1. The molecule has 170 valence electrons. The van der Waals surface area contributed by atoms with Crippen molar-refractivity contribution < 1.29 is 41.0 Å². The predicted molar refractivity (Wildman–Crippen MR) is 108 cm³/mol. The molecule has 0 saturated carbocycles. The molecule has 3 aromatic carbocycles. The number of ether oxygens (including phenoxy) is 3. The smallest absolute Gasteiger partial charge is 0.232 e. The van der Waals surface area contributed by atoms with Gasteiger partial charge in [0.15, 0.2) is 29.0 Å². The highest BCUT2D eigenvalue weighted by atomic mass is 19.2. The topological polar surface area (TPSA) is 44.8 Å². The minimum atomic E-state index is -2.25. The lowest BCUT2D eigenvalue weighted by Gasteiger charge is -2.11. The molecule has 0 aliphatic carbocycles. The van der Waals surface area contributed by atoms with E-state index in [0.717, 1.165) is 0 Å². The van der Waals surface area contributed by atoms with Gasteiger partial charge in [0.2, 0.25) is 11.6 Å². The number of Topliss-reactive ketones (excluding diaryl/α,β-unsaturated/α-hetero) is 1. The molecule has 0 N–H and O–H groups in total. The lowest BCUT2D eigenvalue weighted by molar-refractivity contribution is 0.101. The summed E-state index contributed by atoms with van der Waals surface area (Å²) in [6.07, 6.45) is 1.53. The maximum Gasteiger partial charge on any atom is 0.232 e. The minimum absolute atomic E-state index is 0.0191. The van der Waals surface area contributed by atoms with Gasteiger partial charge in [-0.1, -0.05) is 12.1 Å². The second-order valence-corrected chi connectivity index (χ2v) is 7.17. The summed E-state index contributed by atoms with van der Waals surface area (Å²) in [7, 11) is 1.51. The Morgan fingerprint density at radius 1 is 0.909 bits per heavy atom. The Hall–Kier alpha value is -3.88. The van der Waals surface area contributed by atoms with Crippen molar-refractivity contribution in [2.75, 3.05) is 7.11 Å². The number of aryl methyl sites for hydroxylation is 1. The first-order valence-electron chi connectivity index (χ1n) is 9.57. The number of halogens is 5. The normalized spacial score (nSPS) is 13.8. The van der Waals surface area contributed by atoms with Crippen LogP contribution in [-0.2, 0) is 6.61 Å². The van der Waals surface area contributed by atoms with Crippen molar-refractivity contribution in [3.63, 3.8) is 0 Å². The van der Waals surface area contributed by atoms with Crippen LogP contribution in [0.1, 0.15) is 27.0 Å². The van der Waals surface area contributed by atoms with Gasteiger partial charge in [0, 0.05) is 6.07 Å². The highest BCUT2D eigenvalue weighted by molar-refractivity contribution is 6.15. The van der Waals surface area contributed by atoms with E-state index in [0.29, 0.717) is 16.9 Å². The third kappa shape index (κ3) is 4.02. The van der Waals surface area contributed by atoms with E-state index < -0.39 is 41.3 Å². The molecule has 1 aliphatic heterocycles. The number of rotatable bonds is 5. The van der Waals surface area contributed by atoms with Crippen molar-refractivity contribution in [3.8, 4) is 17.2 Å². The first-order valence-corrected chi connectivity index (χ1v) is 9.57. The van der Waals surface area contributed by atoms with Gasteiger partial charge in [0.05, 0.1) is 18.2 Å². The third-order valence-corrected chi connectivity index (χ3v) is 5.02. The van der Waals surface area contributed by atoms with E-state index in [4.69, 9.17) is 14.2 Å². The van der Waals surface area contributed by atoms with Crippen molar-refractivity contribution in [1.82, 2.24) is 0 Å². The number of ketones is 1. The molecule has 9 heteroatoms. The van der Waals surface area contributed by atoms with Gasteiger partial charge in [-0.15, -0.1) is 0 Å². The molecule has 4 nitrogen and oxygen atoms in total. The number of hydrogen-bond donors (Lipinski definition) is 0. The summed E-state index contributed by atoms with van der Waals surface area (Å²) in [5, 5.41) is 0. The zero-order valence-electron chi connectivity index (χ0n) is 17.3. The fourth-order valence-corrected chi connectivity index (χ4v) is 3.38. The van der Waals surface area contributed by atoms with Gasteiger partial charge in [-0.25, -0.2) is 22.0 Å². The second kappa shape index (κ2) is 8.57. The van der Waals surface area contributed by atoms with E-state index in [1.165, 1.54) is 25.3 Å². The van der Waals surface area contributed by atoms with Crippen molar-refractivity contribution >= 4 is 11.9 Å². The number of benzene rings is 3. The molecular weight excluding hydrogens is 447 g/mol. The Morgan fingerprint density at radius 3 is 2.24 bits per heavy atom. The largest absolute Gasteiger partial charge is 0.497 e. The average molecular weight is 462 g/mol. The van der Waals surface area contributed by atoms with E-state index >= 15 is 0 Å². The molecule has 0 spiro atoms. The molecule has 0 bridgehead atoms. The molecule has 0 unspecified atom stereocenters. The molecule has 0 radical (unpaired) electrons. The van der Waals surface area contributed by atoms with Crippen molar-refractivity contribution in [2.45, 2.75) is 13.5 Å². The summed E-state index contributed by atoms with van der Waals surface area (Å²) in [5.41, 5.74) is 0.262. The van der Waals surface area contributed by atoms with Gasteiger partial charge in [-0.05, 0) is 42.3 Å². The van der Waals surface area contributed by atoms with E-state index in [1.807, 2.05) is 0 Å². The highest BCUT2D eigenvalue weighted by Gasteiger charge is 2.30. The molecule has 3 aromatic rings. The Kier molecular flexibility index (Phi) is 5.80. The zero-order chi connectivity index (χ0) is 23.9. The van der Waals surface area contributed by atoms with E-state index in [-0.39, 0.29) is 28.6 Å². The molecule has 0 fully saturated rings. The fourth-order valence-electron chi connectivity index (χ4n) is 3.38.